The van der Waals surface area contributed by atoms with E-state index in [0.29, 0.717) is 25.2 Å². The highest BCUT2D eigenvalue weighted by Crippen LogP contribution is 2.65. The summed E-state index contributed by atoms with van der Waals surface area (Å²) in [5.41, 5.74) is 5.08. The minimum absolute atomic E-state index is 0.0177. The first-order chi connectivity index (χ1) is 17.7. The van der Waals surface area contributed by atoms with Crippen LogP contribution in [0.25, 0.3) is 0 Å². The molecule has 3 fully saturated rings. The second-order valence-corrected chi connectivity index (χ2v) is 13.9. The molecule has 11 nitrogen and oxygen atoms in total. The number of carboxylic acids is 1. The maximum Gasteiger partial charge on any atom is 0.321 e. The van der Waals surface area contributed by atoms with Crippen molar-refractivity contribution >= 4 is 28.1 Å². The number of carbonyl (C=O) groups is 3. The van der Waals surface area contributed by atoms with Gasteiger partial charge in [0.2, 0.25) is 5.91 Å². The molecule has 3 aliphatic carbocycles. The molecule has 3 saturated carbocycles. The van der Waals surface area contributed by atoms with Crippen LogP contribution >= 0.6 is 0 Å². The average Bonchev–Trinajstić information content (AvgIpc) is 3.16. The van der Waals surface area contributed by atoms with E-state index in [2.05, 4.69) is 40.8 Å². The number of carbonyl (C=O) groups excluding carboxylic acids is 2. The van der Waals surface area contributed by atoms with E-state index in [0.717, 1.165) is 51.4 Å². The average molecular weight is 558 g/mol. The van der Waals surface area contributed by atoms with Gasteiger partial charge in [-0.2, -0.15) is 17.9 Å². The molecule has 218 valence electrons. The molecule has 3 rings (SSSR count). The summed E-state index contributed by atoms with van der Waals surface area (Å²) >= 11 is 0. The molecule has 0 spiro atoms. The number of fused-ring (bicyclic) bond motifs is 2. The van der Waals surface area contributed by atoms with Gasteiger partial charge in [0.25, 0.3) is 10.2 Å². The van der Waals surface area contributed by atoms with Gasteiger partial charge in [-0.15, -0.1) is 0 Å². The minimum Gasteiger partial charge on any atom is -0.480 e. The maximum atomic E-state index is 13.6. The predicted molar refractivity (Wildman–Crippen MR) is 144 cm³/mol. The van der Waals surface area contributed by atoms with Gasteiger partial charge in [-0.1, -0.05) is 52.9 Å². The van der Waals surface area contributed by atoms with Crippen LogP contribution in [0.5, 0.6) is 0 Å². The van der Waals surface area contributed by atoms with Crippen molar-refractivity contribution in [1.82, 2.24) is 20.1 Å². The Bertz CT molecular complexity index is 967. The highest BCUT2D eigenvalue weighted by atomic mass is 32.2. The van der Waals surface area contributed by atoms with Crippen LogP contribution in [-0.2, 0) is 19.8 Å². The van der Waals surface area contributed by atoms with Gasteiger partial charge in [0, 0.05) is 12.6 Å². The van der Waals surface area contributed by atoms with Crippen molar-refractivity contribution in [2.75, 3.05) is 6.54 Å². The van der Waals surface area contributed by atoms with Gasteiger partial charge in [0.05, 0.1) is 0 Å². The molecule has 0 aromatic rings. The summed E-state index contributed by atoms with van der Waals surface area (Å²) in [5.74, 6) is -0.867. The van der Waals surface area contributed by atoms with Crippen molar-refractivity contribution in [1.29, 1.82) is 0 Å². The third-order valence-electron chi connectivity index (χ3n) is 9.83. The number of urea groups is 1. The molecular formula is C26H47N5O6S. The number of nitrogens with one attached hydrogen (secondary N) is 4. The number of hydrogen-bond acceptors (Lipinski definition) is 5. The first-order valence-corrected chi connectivity index (χ1v) is 15.6. The lowest BCUT2D eigenvalue weighted by molar-refractivity contribution is -0.139. The third kappa shape index (κ3) is 7.38. The monoisotopic (exact) mass is 557 g/mol. The normalized spacial score (nSPS) is 28.5. The molecular weight excluding hydrogens is 510 g/mol. The zero-order valence-electron chi connectivity index (χ0n) is 23.1. The van der Waals surface area contributed by atoms with Crippen molar-refractivity contribution in [3.63, 3.8) is 0 Å². The van der Waals surface area contributed by atoms with Gasteiger partial charge in [0.1, 0.15) is 12.1 Å². The highest BCUT2D eigenvalue weighted by molar-refractivity contribution is 7.87. The summed E-state index contributed by atoms with van der Waals surface area (Å²) in [6.07, 6.45) is 9.48. The molecule has 0 aliphatic heterocycles. The van der Waals surface area contributed by atoms with E-state index in [1.165, 1.54) is 0 Å². The van der Waals surface area contributed by atoms with E-state index >= 15 is 0 Å². The van der Waals surface area contributed by atoms with Crippen LogP contribution in [0.1, 0.15) is 97.8 Å². The van der Waals surface area contributed by atoms with Crippen LogP contribution in [0.3, 0.4) is 0 Å². The fraction of sp³-hybridized carbons (Fsp3) is 0.885. The minimum atomic E-state index is -4.29. The molecule has 3 amide bonds. The van der Waals surface area contributed by atoms with Crippen LogP contribution in [0.2, 0.25) is 0 Å². The Morgan fingerprint density at radius 1 is 1.00 bits per heavy atom. The van der Waals surface area contributed by atoms with E-state index in [1.807, 2.05) is 0 Å². The smallest absolute Gasteiger partial charge is 0.321 e. The summed E-state index contributed by atoms with van der Waals surface area (Å²) in [7, 11) is -4.29. The molecule has 38 heavy (non-hydrogen) atoms. The zero-order valence-corrected chi connectivity index (χ0v) is 23.9. The Kier molecular flexibility index (Phi) is 10.1. The Morgan fingerprint density at radius 3 is 2.21 bits per heavy atom. The number of primary amides is 1. The highest BCUT2D eigenvalue weighted by Gasteiger charge is 2.61. The molecule has 3 aliphatic rings. The molecule has 0 aromatic heterocycles. The summed E-state index contributed by atoms with van der Waals surface area (Å²) in [4.78, 5) is 36.1. The molecule has 12 heteroatoms. The SMILES string of the molecule is CC1(C)[C@@H]2CC[C@@]1(C)[C@@H](NC(=O)[C@H](CC1CCCCC1)NS(=O)(=O)N[C@@H](CCCCNC(N)=O)C(=O)O)C2. The number of hydrogen-bond donors (Lipinski definition) is 6. The number of nitrogens with two attached hydrogens (primary N) is 1. The van der Waals surface area contributed by atoms with E-state index in [1.54, 1.807) is 0 Å². The predicted octanol–water partition coefficient (Wildman–Crippen LogP) is 2.37. The largest absolute Gasteiger partial charge is 0.480 e. The topological polar surface area (TPSA) is 180 Å². The van der Waals surface area contributed by atoms with Crippen LogP contribution in [-0.4, -0.2) is 56.1 Å². The summed E-state index contributed by atoms with van der Waals surface area (Å²) in [6.45, 7) is 7.02. The third-order valence-corrected chi connectivity index (χ3v) is 11.0. The standard InChI is InChI=1S/C26H47N5O6S/c1-25(2)18-12-13-26(25,3)21(16-18)29-22(32)20(15-17-9-5-4-6-10-17)31-38(36,37)30-19(23(33)34)11-7-8-14-28-24(27)35/h17-21,30-31H,4-16H2,1-3H3,(H,29,32)(H,33,34)(H3,27,28,35)/t18-,19+,20+,21+,26+/m1/s1. The number of amides is 3. The van der Waals surface area contributed by atoms with E-state index < -0.39 is 34.3 Å². The molecule has 7 N–H and O–H groups in total. The quantitative estimate of drug-likeness (QED) is 0.178. The Balaban J connectivity index is 1.66. The molecule has 0 unspecified atom stereocenters. The molecule has 0 saturated heterocycles. The van der Waals surface area contributed by atoms with E-state index in [-0.39, 0.29) is 41.7 Å². The van der Waals surface area contributed by atoms with Gasteiger partial charge >= 0.3 is 12.0 Å². The Hall–Kier alpha value is -1.92. The van der Waals surface area contributed by atoms with Crippen molar-refractivity contribution in [2.24, 2.45) is 28.4 Å². The van der Waals surface area contributed by atoms with Gasteiger partial charge in [-0.25, -0.2) is 4.79 Å². The second kappa shape index (κ2) is 12.5. The van der Waals surface area contributed by atoms with Crippen LogP contribution < -0.4 is 25.8 Å². The Morgan fingerprint density at radius 2 is 1.66 bits per heavy atom. The van der Waals surface area contributed by atoms with Gasteiger partial charge in [-0.05, 0) is 67.6 Å². The number of unbranched alkanes of at least 4 members (excludes halogenated alkanes) is 1. The number of carboxylic acid groups (broad SMARTS) is 1. The van der Waals surface area contributed by atoms with Crippen LogP contribution in [0.4, 0.5) is 4.79 Å². The maximum absolute atomic E-state index is 13.6. The van der Waals surface area contributed by atoms with Crippen molar-refractivity contribution in [3.05, 3.63) is 0 Å². The molecule has 0 aromatic carbocycles. The van der Waals surface area contributed by atoms with Crippen LogP contribution in [0, 0.1) is 22.7 Å². The van der Waals surface area contributed by atoms with Crippen molar-refractivity contribution in [2.45, 2.75) is 116 Å². The fourth-order valence-corrected chi connectivity index (χ4v) is 8.22. The summed E-state index contributed by atoms with van der Waals surface area (Å²) in [6, 6.07) is -3.02. The molecule has 5 atom stereocenters. The molecule has 0 radical (unpaired) electrons. The van der Waals surface area contributed by atoms with Gasteiger partial charge in [0.15, 0.2) is 0 Å². The van der Waals surface area contributed by atoms with Crippen molar-refractivity contribution < 1.29 is 27.9 Å². The molecule has 0 heterocycles. The molecule has 2 bridgehead atoms. The van der Waals surface area contributed by atoms with Gasteiger partial charge < -0.3 is 21.5 Å². The van der Waals surface area contributed by atoms with Crippen molar-refractivity contribution in [3.8, 4) is 0 Å². The fourth-order valence-electron chi connectivity index (χ4n) is 6.99. The first kappa shape index (κ1) is 30.6. The lowest BCUT2D eigenvalue weighted by atomic mass is 9.69. The van der Waals surface area contributed by atoms with E-state index in [9.17, 15) is 27.9 Å². The second-order valence-electron chi connectivity index (χ2n) is 12.4. The summed E-state index contributed by atoms with van der Waals surface area (Å²) in [5, 5.41) is 15.2. The number of aliphatic carboxylic acids is 1. The van der Waals surface area contributed by atoms with E-state index in [4.69, 9.17) is 5.73 Å². The zero-order chi connectivity index (χ0) is 28.1. The van der Waals surface area contributed by atoms with Crippen LogP contribution in [0.15, 0.2) is 0 Å². The first-order valence-electron chi connectivity index (χ1n) is 14.1. The summed E-state index contributed by atoms with van der Waals surface area (Å²) < 4.78 is 30.9. The lowest BCUT2D eigenvalue weighted by Crippen LogP contribution is -2.57. The van der Waals surface area contributed by atoms with Gasteiger partial charge in [-0.3, -0.25) is 9.59 Å². The Labute approximate surface area is 227 Å². The number of rotatable bonds is 14. The lowest BCUT2D eigenvalue weighted by Gasteiger charge is -2.40.